The number of hydrogen-bond donors (Lipinski definition) is 1. The highest BCUT2D eigenvalue weighted by atomic mass is 35.5. The van der Waals surface area contributed by atoms with Crippen LogP contribution in [0.4, 0.5) is 18.9 Å². The summed E-state index contributed by atoms with van der Waals surface area (Å²) in [5.41, 5.74) is 1.16. The van der Waals surface area contributed by atoms with E-state index in [0.29, 0.717) is 34.4 Å². The summed E-state index contributed by atoms with van der Waals surface area (Å²) < 4.78 is 69.1. The van der Waals surface area contributed by atoms with Crippen molar-refractivity contribution in [3.63, 3.8) is 0 Å². The molecule has 7 nitrogen and oxygen atoms in total. The first-order valence-electron chi connectivity index (χ1n) is 8.92. The predicted octanol–water partition coefficient (Wildman–Crippen LogP) is 3.84. The minimum Gasteiger partial charge on any atom is -0.490 e. The summed E-state index contributed by atoms with van der Waals surface area (Å²) >= 11 is 5.91. The molecule has 0 atom stereocenters. The SMILES string of the molecule is C=CCOc1ccc(/C=N\NC(=O)CN(c2cc(C(F)(F)F)ccc2Cl)S(C)(=O)=O)cc1. The van der Waals surface area contributed by atoms with Crippen molar-refractivity contribution >= 4 is 39.4 Å². The average Bonchev–Trinajstić information content (AvgIpc) is 2.70. The Morgan fingerprint density at radius 2 is 1.91 bits per heavy atom. The molecule has 0 aliphatic carbocycles. The molecule has 1 N–H and O–H groups in total. The van der Waals surface area contributed by atoms with Crippen LogP contribution in [0.3, 0.4) is 0 Å². The van der Waals surface area contributed by atoms with Gasteiger partial charge < -0.3 is 4.74 Å². The normalized spacial score (nSPS) is 11.9. The Morgan fingerprint density at radius 1 is 1.25 bits per heavy atom. The van der Waals surface area contributed by atoms with Gasteiger partial charge in [-0.3, -0.25) is 9.10 Å². The van der Waals surface area contributed by atoms with Crippen molar-refractivity contribution in [2.24, 2.45) is 5.10 Å². The van der Waals surface area contributed by atoms with Crippen molar-refractivity contribution in [3.05, 3.63) is 71.3 Å². The highest BCUT2D eigenvalue weighted by Gasteiger charge is 2.33. The lowest BCUT2D eigenvalue weighted by Crippen LogP contribution is -2.39. The molecule has 0 saturated heterocycles. The number of nitrogens with zero attached hydrogens (tertiary/aromatic N) is 2. The minimum atomic E-state index is -4.72. The summed E-state index contributed by atoms with van der Waals surface area (Å²) in [6, 6.07) is 8.87. The molecule has 0 aromatic heterocycles. The number of alkyl halides is 3. The zero-order chi connectivity index (χ0) is 23.9. The van der Waals surface area contributed by atoms with Gasteiger partial charge in [0.25, 0.3) is 5.91 Å². The van der Waals surface area contributed by atoms with E-state index in [1.807, 2.05) is 0 Å². The van der Waals surface area contributed by atoms with Crippen molar-refractivity contribution in [2.45, 2.75) is 6.18 Å². The maximum atomic E-state index is 13.0. The van der Waals surface area contributed by atoms with Crippen molar-refractivity contribution in [2.75, 3.05) is 23.7 Å². The third-order valence-corrected chi connectivity index (χ3v) is 5.33. The third-order valence-electron chi connectivity index (χ3n) is 3.88. The second kappa shape index (κ2) is 10.5. The van der Waals surface area contributed by atoms with Crippen molar-refractivity contribution in [1.82, 2.24) is 5.43 Å². The number of carbonyl (C=O) groups excluding carboxylic acids is 1. The van der Waals surface area contributed by atoms with Gasteiger partial charge in [0.15, 0.2) is 0 Å². The van der Waals surface area contributed by atoms with Gasteiger partial charge in [0.2, 0.25) is 10.0 Å². The zero-order valence-electron chi connectivity index (χ0n) is 16.8. The molecule has 32 heavy (non-hydrogen) atoms. The van der Waals surface area contributed by atoms with Gasteiger partial charge in [-0.15, -0.1) is 0 Å². The Balaban J connectivity index is 2.13. The fourth-order valence-corrected chi connectivity index (χ4v) is 3.54. The minimum absolute atomic E-state index is 0.265. The molecule has 0 radical (unpaired) electrons. The summed E-state index contributed by atoms with van der Waals surface area (Å²) in [6.07, 6.45) is -1.08. The molecular weight excluding hydrogens is 471 g/mol. The lowest BCUT2D eigenvalue weighted by molar-refractivity contribution is -0.137. The topological polar surface area (TPSA) is 88.1 Å². The highest BCUT2D eigenvalue weighted by Crippen LogP contribution is 2.36. The van der Waals surface area contributed by atoms with Gasteiger partial charge >= 0.3 is 6.18 Å². The molecule has 1 amide bonds. The van der Waals surface area contributed by atoms with Crippen LogP contribution in [0.25, 0.3) is 0 Å². The lowest BCUT2D eigenvalue weighted by Gasteiger charge is -2.23. The van der Waals surface area contributed by atoms with Crippen molar-refractivity contribution < 1.29 is 31.1 Å². The van der Waals surface area contributed by atoms with E-state index in [2.05, 4.69) is 17.1 Å². The van der Waals surface area contributed by atoms with Gasteiger partial charge in [0.1, 0.15) is 18.9 Å². The molecule has 0 heterocycles. The molecule has 0 unspecified atom stereocenters. The van der Waals surface area contributed by atoms with Crippen LogP contribution >= 0.6 is 11.6 Å². The van der Waals surface area contributed by atoms with Crippen LogP contribution in [0.5, 0.6) is 5.75 Å². The number of ether oxygens (including phenoxy) is 1. The molecule has 0 fully saturated rings. The number of nitrogens with one attached hydrogen (secondary N) is 1. The maximum Gasteiger partial charge on any atom is 0.416 e. The molecule has 12 heteroatoms. The number of halogens is 4. The molecule has 2 aromatic rings. The van der Waals surface area contributed by atoms with E-state index in [4.69, 9.17) is 16.3 Å². The molecule has 0 bridgehead atoms. The highest BCUT2D eigenvalue weighted by molar-refractivity contribution is 7.92. The Morgan fingerprint density at radius 3 is 2.47 bits per heavy atom. The van der Waals surface area contributed by atoms with Crippen LogP contribution < -0.4 is 14.5 Å². The summed E-state index contributed by atoms with van der Waals surface area (Å²) in [6.45, 7) is 3.06. The van der Waals surface area contributed by atoms with Crippen LogP contribution in [-0.2, 0) is 21.0 Å². The van der Waals surface area contributed by atoms with Crippen LogP contribution in [0.15, 0.2) is 60.2 Å². The van der Waals surface area contributed by atoms with E-state index in [1.165, 1.54) is 6.21 Å². The molecule has 2 rings (SSSR count). The van der Waals surface area contributed by atoms with E-state index < -0.39 is 39.9 Å². The first-order chi connectivity index (χ1) is 14.9. The van der Waals surface area contributed by atoms with Crippen molar-refractivity contribution in [3.8, 4) is 5.75 Å². The largest absolute Gasteiger partial charge is 0.490 e. The van der Waals surface area contributed by atoms with Gasteiger partial charge in [0, 0.05) is 0 Å². The standard InChI is InChI=1S/C20H19ClF3N3O4S/c1-3-10-31-16-7-4-14(5-8-16)12-25-26-19(28)13-27(32(2,29)30)18-11-15(20(22,23)24)6-9-17(18)21/h3-9,11-12H,1,10,13H2,2H3,(H,26,28)/b25-12-. The zero-order valence-corrected chi connectivity index (χ0v) is 18.3. The second-order valence-electron chi connectivity index (χ2n) is 6.40. The number of carbonyl (C=O) groups is 1. The Bertz CT molecular complexity index is 1100. The maximum absolute atomic E-state index is 13.0. The van der Waals surface area contributed by atoms with E-state index in [1.54, 1.807) is 30.3 Å². The number of hydrogen-bond acceptors (Lipinski definition) is 5. The average molecular weight is 490 g/mol. The molecule has 0 aliphatic heterocycles. The predicted molar refractivity (Wildman–Crippen MR) is 117 cm³/mol. The number of hydrazone groups is 1. The first kappa shape index (κ1) is 25.2. The summed E-state index contributed by atoms with van der Waals surface area (Å²) in [4.78, 5) is 12.2. The number of sulfonamides is 1. The number of benzene rings is 2. The third kappa shape index (κ3) is 7.27. The summed E-state index contributed by atoms with van der Waals surface area (Å²) in [7, 11) is -4.14. The van der Waals surface area contributed by atoms with Crippen LogP contribution in [0.1, 0.15) is 11.1 Å². The second-order valence-corrected chi connectivity index (χ2v) is 8.71. The van der Waals surface area contributed by atoms with Gasteiger partial charge in [0.05, 0.1) is 28.7 Å². The van der Waals surface area contributed by atoms with Gasteiger partial charge in [-0.1, -0.05) is 24.3 Å². The molecular formula is C20H19ClF3N3O4S. The fraction of sp³-hybridized carbons (Fsp3) is 0.200. The van der Waals surface area contributed by atoms with E-state index in [0.717, 1.165) is 12.3 Å². The monoisotopic (exact) mass is 489 g/mol. The fourth-order valence-electron chi connectivity index (χ4n) is 2.41. The Kier molecular flexibility index (Phi) is 8.28. The van der Waals surface area contributed by atoms with Crippen LogP contribution in [0, 0.1) is 0 Å². The molecule has 0 saturated carbocycles. The van der Waals surface area contributed by atoms with Crippen molar-refractivity contribution in [1.29, 1.82) is 0 Å². The molecule has 0 aliphatic rings. The van der Waals surface area contributed by atoms with Gasteiger partial charge in [-0.05, 0) is 48.0 Å². The molecule has 172 valence electrons. The summed E-state index contributed by atoms with van der Waals surface area (Å²) in [5, 5.41) is 3.46. The molecule has 2 aromatic carbocycles. The van der Waals surface area contributed by atoms with E-state index >= 15 is 0 Å². The van der Waals surface area contributed by atoms with Crippen LogP contribution in [0.2, 0.25) is 5.02 Å². The van der Waals surface area contributed by atoms with Gasteiger partial charge in [-0.25, -0.2) is 13.8 Å². The van der Waals surface area contributed by atoms with E-state index in [9.17, 15) is 26.4 Å². The van der Waals surface area contributed by atoms with E-state index in [-0.39, 0.29) is 5.02 Å². The summed E-state index contributed by atoms with van der Waals surface area (Å²) in [5.74, 6) is -0.279. The smallest absolute Gasteiger partial charge is 0.416 e. The number of anilines is 1. The number of rotatable bonds is 9. The Hall–Kier alpha value is -3.05. The van der Waals surface area contributed by atoms with Gasteiger partial charge in [-0.2, -0.15) is 18.3 Å². The lowest BCUT2D eigenvalue weighted by atomic mass is 10.2. The molecule has 0 spiro atoms. The van der Waals surface area contributed by atoms with Crippen LogP contribution in [-0.4, -0.2) is 39.9 Å². The number of amides is 1. The first-order valence-corrected chi connectivity index (χ1v) is 11.1. The quantitative estimate of drug-likeness (QED) is 0.329. The Labute approximate surface area is 188 Å².